The lowest BCUT2D eigenvalue weighted by Gasteiger charge is -2.45. The summed E-state index contributed by atoms with van der Waals surface area (Å²) in [6.07, 6.45) is 2.74. The molecule has 19 heavy (non-hydrogen) atoms. The minimum atomic E-state index is -0.131. The largest absolute Gasteiger partial charge is 0.395 e. The third kappa shape index (κ3) is 2.44. The molecule has 3 fully saturated rings. The Kier molecular flexibility index (Phi) is 3.40. The molecular formula is C17H25NO. The van der Waals surface area contributed by atoms with E-state index in [0.29, 0.717) is 0 Å². The molecule has 3 aliphatic rings. The van der Waals surface area contributed by atoms with Gasteiger partial charge in [0.1, 0.15) is 0 Å². The molecule has 2 nitrogen and oxygen atoms in total. The summed E-state index contributed by atoms with van der Waals surface area (Å²) in [6, 6.07) is 9.00. The number of hydrogen-bond donors (Lipinski definition) is 1. The molecule has 2 heteroatoms. The number of nitrogens with zero attached hydrogens (tertiary/aromatic N) is 1. The van der Waals surface area contributed by atoms with Crippen molar-refractivity contribution in [1.82, 2.24) is 4.90 Å². The van der Waals surface area contributed by atoms with Gasteiger partial charge >= 0.3 is 0 Å². The number of hydrogen-bond acceptors (Lipinski definition) is 2. The van der Waals surface area contributed by atoms with E-state index in [1.165, 1.54) is 43.6 Å². The molecule has 0 spiro atoms. The summed E-state index contributed by atoms with van der Waals surface area (Å²) in [4.78, 5) is 2.61. The summed E-state index contributed by atoms with van der Waals surface area (Å²) >= 11 is 0. The van der Waals surface area contributed by atoms with E-state index in [4.69, 9.17) is 0 Å². The van der Waals surface area contributed by atoms with Crippen molar-refractivity contribution in [2.75, 3.05) is 26.2 Å². The van der Waals surface area contributed by atoms with E-state index in [9.17, 15) is 5.11 Å². The fraction of sp³-hybridized carbons (Fsp3) is 0.647. The molecule has 3 aliphatic heterocycles. The van der Waals surface area contributed by atoms with E-state index in [1.54, 1.807) is 0 Å². The van der Waals surface area contributed by atoms with Crippen LogP contribution in [-0.2, 0) is 5.41 Å². The second-order valence-corrected chi connectivity index (χ2v) is 6.91. The van der Waals surface area contributed by atoms with E-state index >= 15 is 0 Å². The Labute approximate surface area is 116 Å². The van der Waals surface area contributed by atoms with Gasteiger partial charge in [-0.1, -0.05) is 38.1 Å². The quantitative estimate of drug-likeness (QED) is 0.902. The zero-order valence-electron chi connectivity index (χ0n) is 12.1. The summed E-state index contributed by atoms with van der Waals surface area (Å²) < 4.78 is 0. The van der Waals surface area contributed by atoms with Crippen LogP contribution < -0.4 is 0 Å². The number of benzene rings is 1. The highest BCUT2D eigenvalue weighted by Crippen LogP contribution is 2.39. The van der Waals surface area contributed by atoms with Crippen molar-refractivity contribution >= 4 is 0 Å². The lowest BCUT2D eigenvalue weighted by Crippen LogP contribution is -2.46. The van der Waals surface area contributed by atoms with Crippen molar-refractivity contribution in [3.8, 4) is 0 Å². The Balaban J connectivity index is 1.79. The van der Waals surface area contributed by atoms with E-state index in [-0.39, 0.29) is 12.0 Å². The van der Waals surface area contributed by atoms with Gasteiger partial charge < -0.3 is 10.0 Å². The van der Waals surface area contributed by atoms with Crippen molar-refractivity contribution in [3.63, 3.8) is 0 Å². The Morgan fingerprint density at radius 3 is 2.26 bits per heavy atom. The van der Waals surface area contributed by atoms with Crippen LogP contribution in [0.2, 0.25) is 0 Å². The first kappa shape index (κ1) is 13.1. The van der Waals surface area contributed by atoms with Gasteiger partial charge in [0.15, 0.2) is 0 Å². The SMILES string of the molecule is CC(C)(CO)c1ccc(C2CN3CCC2CC3)cc1. The second-order valence-electron chi connectivity index (χ2n) is 6.91. The summed E-state index contributed by atoms with van der Waals surface area (Å²) in [7, 11) is 0. The van der Waals surface area contributed by atoms with Crippen molar-refractivity contribution in [2.24, 2.45) is 5.92 Å². The van der Waals surface area contributed by atoms with E-state index in [0.717, 1.165) is 11.8 Å². The molecule has 1 N–H and O–H groups in total. The van der Waals surface area contributed by atoms with Crippen molar-refractivity contribution in [2.45, 2.75) is 38.0 Å². The van der Waals surface area contributed by atoms with Crippen LogP contribution in [0.1, 0.15) is 43.7 Å². The van der Waals surface area contributed by atoms with Crippen LogP contribution in [0.25, 0.3) is 0 Å². The average Bonchev–Trinajstić information content (AvgIpc) is 2.48. The maximum atomic E-state index is 9.44. The highest BCUT2D eigenvalue weighted by Gasteiger charge is 2.34. The Hall–Kier alpha value is -0.860. The molecule has 1 atom stereocenters. The lowest BCUT2D eigenvalue weighted by atomic mass is 9.75. The predicted molar refractivity (Wildman–Crippen MR) is 78.5 cm³/mol. The molecule has 0 aliphatic carbocycles. The molecule has 104 valence electrons. The summed E-state index contributed by atoms with van der Waals surface area (Å²) in [5, 5.41) is 9.44. The Morgan fingerprint density at radius 1 is 1.16 bits per heavy atom. The summed E-state index contributed by atoms with van der Waals surface area (Å²) in [5.41, 5.74) is 2.60. The van der Waals surface area contributed by atoms with Crippen molar-refractivity contribution in [3.05, 3.63) is 35.4 Å². The molecule has 0 aromatic heterocycles. The number of aliphatic hydroxyl groups is 1. The molecule has 1 unspecified atom stereocenters. The topological polar surface area (TPSA) is 23.5 Å². The predicted octanol–water partition coefficient (Wildman–Crippen LogP) is 2.77. The molecule has 3 saturated heterocycles. The molecule has 0 radical (unpaired) electrons. The van der Waals surface area contributed by atoms with Gasteiger partial charge in [0, 0.05) is 12.0 Å². The number of fused-ring (bicyclic) bond motifs is 3. The maximum absolute atomic E-state index is 9.44. The van der Waals surface area contributed by atoms with Gasteiger partial charge in [0.25, 0.3) is 0 Å². The van der Waals surface area contributed by atoms with E-state index in [2.05, 4.69) is 43.0 Å². The van der Waals surface area contributed by atoms with Crippen LogP contribution in [0.4, 0.5) is 0 Å². The fourth-order valence-electron chi connectivity index (χ4n) is 3.62. The van der Waals surface area contributed by atoms with Gasteiger partial charge in [0.2, 0.25) is 0 Å². The van der Waals surface area contributed by atoms with Gasteiger partial charge in [0.05, 0.1) is 6.61 Å². The molecule has 4 rings (SSSR count). The summed E-state index contributed by atoms with van der Waals surface area (Å²) in [5.74, 6) is 1.62. The third-order valence-electron chi connectivity index (χ3n) is 5.17. The highest BCUT2D eigenvalue weighted by molar-refractivity contribution is 5.31. The van der Waals surface area contributed by atoms with Crippen molar-refractivity contribution in [1.29, 1.82) is 0 Å². The van der Waals surface area contributed by atoms with Gasteiger partial charge in [-0.05, 0) is 48.9 Å². The number of rotatable bonds is 3. The molecule has 3 heterocycles. The first-order valence-electron chi connectivity index (χ1n) is 7.54. The molecule has 0 amide bonds. The number of aliphatic hydroxyl groups excluding tert-OH is 1. The van der Waals surface area contributed by atoms with Gasteiger partial charge in [-0.25, -0.2) is 0 Å². The van der Waals surface area contributed by atoms with E-state index < -0.39 is 0 Å². The van der Waals surface area contributed by atoms with E-state index in [1.807, 2.05) is 0 Å². The first-order chi connectivity index (χ1) is 9.10. The normalized spacial score (nSPS) is 30.6. The zero-order valence-corrected chi connectivity index (χ0v) is 12.1. The minimum absolute atomic E-state index is 0.131. The maximum Gasteiger partial charge on any atom is 0.0522 e. The van der Waals surface area contributed by atoms with Gasteiger partial charge in [-0.15, -0.1) is 0 Å². The van der Waals surface area contributed by atoms with Gasteiger partial charge in [-0.2, -0.15) is 0 Å². The third-order valence-corrected chi connectivity index (χ3v) is 5.17. The lowest BCUT2D eigenvalue weighted by molar-refractivity contribution is 0.0871. The van der Waals surface area contributed by atoms with Crippen LogP contribution in [-0.4, -0.2) is 36.2 Å². The monoisotopic (exact) mass is 259 g/mol. The summed E-state index contributed by atoms with van der Waals surface area (Å²) in [6.45, 7) is 8.24. The molecule has 1 aromatic carbocycles. The second kappa shape index (κ2) is 4.92. The standard InChI is InChI=1S/C17H25NO/c1-17(2,12-19)15-5-3-13(4-6-15)16-11-18-9-7-14(16)8-10-18/h3-6,14,16,19H,7-12H2,1-2H3. The van der Waals surface area contributed by atoms with Crippen LogP contribution >= 0.6 is 0 Å². The van der Waals surface area contributed by atoms with Gasteiger partial charge in [-0.3, -0.25) is 0 Å². The van der Waals surface area contributed by atoms with Crippen molar-refractivity contribution < 1.29 is 5.11 Å². The Bertz CT molecular complexity index is 429. The number of piperidine rings is 3. The molecular weight excluding hydrogens is 234 g/mol. The highest BCUT2D eigenvalue weighted by atomic mass is 16.3. The van der Waals surface area contributed by atoms with Crippen LogP contribution in [0.5, 0.6) is 0 Å². The average molecular weight is 259 g/mol. The zero-order chi connectivity index (χ0) is 13.5. The van der Waals surface area contributed by atoms with Crippen LogP contribution in [0.3, 0.4) is 0 Å². The molecule has 0 saturated carbocycles. The molecule has 2 bridgehead atoms. The smallest absolute Gasteiger partial charge is 0.0522 e. The molecule has 1 aromatic rings. The van der Waals surface area contributed by atoms with Crippen LogP contribution in [0, 0.1) is 5.92 Å². The minimum Gasteiger partial charge on any atom is -0.395 e. The first-order valence-corrected chi connectivity index (χ1v) is 7.54. The Morgan fingerprint density at radius 2 is 1.79 bits per heavy atom. The fourth-order valence-corrected chi connectivity index (χ4v) is 3.62. The van der Waals surface area contributed by atoms with Crippen LogP contribution in [0.15, 0.2) is 24.3 Å².